The van der Waals surface area contributed by atoms with Crippen LogP contribution in [0.3, 0.4) is 0 Å². The Morgan fingerprint density at radius 1 is 1.29 bits per heavy atom. The molecule has 0 fully saturated rings. The number of benzene rings is 1. The van der Waals surface area contributed by atoms with E-state index in [9.17, 15) is 4.79 Å². The molecular weight excluding hydrogens is 242 g/mol. The maximum atomic E-state index is 11.6. The van der Waals surface area contributed by atoms with Crippen LogP contribution in [0.1, 0.15) is 10.5 Å². The van der Waals surface area contributed by atoms with Crippen molar-refractivity contribution in [1.82, 2.24) is 9.59 Å². The molecule has 7 heteroatoms. The number of nitrogens with two attached hydrogens (primary N) is 1. The molecule has 0 unspecified atom stereocenters. The molecular formula is C10H9N3O3S. The first-order valence-corrected chi connectivity index (χ1v) is 5.42. The number of ether oxygens (including phenoxy) is 2. The van der Waals surface area contributed by atoms with Crippen molar-refractivity contribution in [2.75, 3.05) is 12.8 Å². The van der Waals surface area contributed by atoms with E-state index < -0.39 is 5.97 Å². The van der Waals surface area contributed by atoms with Crippen LogP contribution >= 0.6 is 11.5 Å². The van der Waals surface area contributed by atoms with Crippen molar-refractivity contribution in [3.8, 4) is 11.5 Å². The Morgan fingerprint density at radius 2 is 1.94 bits per heavy atom. The van der Waals surface area contributed by atoms with Gasteiger partial charge in [0.05, 0.1) is 7.11 Å². The lowest BCUT2D eigenvalue weighted by Gasteiger charge is -2.03. The Bertz CT molecular complexity index is 524. The summed E-state index contributed by atoms with van der Waals surface area (Å²) < 4.78 is 13.6. The number of rotatable bonds is 3. The molecule has 2 rings (SSSR count). The van der Waals surface area contributed by atoms with Gasteiger partial charge >= 0.3 is 5.97 Å². The largest absolute Gasteiger partial charge is 0.497 e. The highest BCUT2D eigenvalue weighted by Gasteiger charge is 2.16. The molecule has 0 radical (unpaired) electrons. The minimum Gasteiger partial charge on any atom is -0.497 e. The Morgan fingerprint density at radius 3 is 2.47 bits per heavy atom. The summed E-state index contributed by atoms with van der Waals surface area (Å²) in [5, 5.41) is 3.83. The van der Waals surface area contributed by atoms with Crippen LogP contribution in [0.5, 0.6) is 11.5 Å². The van der Waals surface area contributed by atoms with Crippen LogP contribution in [0, 0.1) is 0 Å². The van der Waals surface area contributed by atoms with Crippen molar-refractivity contribution in [2.45, 2.75) is 0 Å². The van der Waals surface area contributed by atoms with Crippen LogP contribution in [-0.4, -0.2) is 22.7 Å². The molecule has 2 aromatic rings. The third-order valence-electron chi connectivity index (χ3n) is 1.98. The lowest BCUT2D eigenvalue weighted by molar-refractivity contribution is 0.0729. The molecule has 0 bridgehead atoms. The standard InChI is InChI=1S/C10H9N3O3S/c1-15-6-2-4-7(5-3-6)16-10(14)8-9(11)17-13-12-8/h2-5H,11H2,1H3. The van der Waals surface area contributed by atoms with Gasteiger partial charge in [-0.1, -0.05) is 4.49 Å². The molecule has 1 aromatic heterocycles. The van der Waals surface area contributed by atoms with Gasteiger partial charge in [-0.2, -0.15) is 0 Å². The molecule has 0 amide bonds. The van der Waals surface area contributed by atoms with E-state index in [2.05, 4.69) is 9.59 Å². The van der Waals surface area contributed by atoms with Crippen molar-refractivity contribution in [1.29, 1.82) is 0 Å². The van der Waals surface area contributed by atoms with Gasteiger partial charge in [0.1, 0.15) is 16.5 Å². The smallest absolute Gasteiger partial charge is 0.367 e. The minimum absolute atomic E-state index is 0.0332. The Hall–Kier alpha value is -2.15. The van der Waals surface area contributed by atoms with Gasteiger partial charge in [-0.15, -0.1) is 5.10 Å². The van der Waals surface area contributed by atoms with E-state index in [1.165, 1.54) is 0 Å². The number of aromatic nitrogens is 2. The van der Waals surface area contributed by atoms with Gasteiger partial charge in [-0.25, -0.2) is 4.79 Å². The lowest BCUT2D eigenvalue weighted by atomic mass is 10.3. The molecule has 1 heterocycles. The topological polar surface area (TPSA) is 87.3 Å². The number of hydrogen-bond acceptors (Lipinski definition) is 7. The van der Waals surface area contributed by atoms with Gasteiger partial charge in [-0.3, -0.25) is 0 Å². The molecule has 0 aliphatic carbocycles. The van der Waals surface area contributed by atoms with Crippen molar-refractivity contribution < 1.29 is 14.3 Å². The van der Waals surface area contributed by atoms with E-state index in [1.807, 2.05) is 0 Å². The van der Waals surface area contributed by atoms with E-state index in [4.69, 9.17) is 15.2 Å². The second-order valence-corrected chi connectivity index (χ2v) is 3.84. The van der Waals surface area contributed by atoms with Crippen molar-refractivity contribution >= 4 is 22.5 Å². The van der Waals surface area contributed by atoms with E-state index in [1.54, 1.807) is 31.4 Å². The SMILES string of the molecule is COc1ccc(OC(=O)c2nnsc2N)cc1. The van der Waals surface area contributed by atoms with Crippen LogP contribution < -0.4 is 15.2 Å². The van der Waals surface area contributed by atoms with E-state index >= 15 is 0 Å². The number of nitrogens with zero attached hydrogens (tertiary/aromatic N) is 2. The van der Waals surface area contributed by atoms with Gasteiger partial charge in [0, 0.05) is 11.5 Å². The number of carbonyl (C=O) groups is 1. The summed E-state index contributed by atoms with van der Waals surface area (Å²) in [6.07, 6.45) is 0. The van der Waals surface area contributed by atoms with Crippen molar-refractivity contribution in [3.05, 3.63) is 30.0 Å². The third-order valence-corrected chi connectivity index (χ3v) is 2.53. The van der Waals surface area contributed by atoms with E-state index in [0.717, 1.165) is 11.5 Å². The number of hydrogen-bond donors (Lipinski definition) is 1. The Balaban J connectivity index is 2.10. The summed E-state index contributed by atoms with van der Waals surface area (Å²) in [7, 11) is 1.56. The summed E-state index contributed by atoms with van der Waals surface area (Å²) in [4.78, 5) is 11.6. The number of nitrogen functional groups attached to an aromatic ring is 1. The molecule has 0 aliphatic rings. The fraction of sp³-hybridized carbons (Fsp3) is 0.100. The average Bonchev–Trinajstić information content (AvgIpc) is 2.76. The summed E-state index contributed by atoms with van der Waals surface area (Å²) >= 11 is 0.945. The number of carbonyl (C=O) groups excluding carboxylic acids is 1. The van der Waals surface area contributed by atoms with Gasteiger partial charge in [0.25, 0.3) is 0 Å². The predicted octanol–water partition coefficient (Wildman–Crippen LogP) is 1.35. The number of methoxy groups -OCH3 is 1. The van der Waals surface area contributed by atoms with Crippen LogP contribution in [0.2, 0.25) is 0 Å². The quantitative estimate of drug-likeness (QED) is 0.654. The summed E-state index contributed by atoms with van der Waals surface area (Å²) in [6, 6.07) is 6.61. The summed E-state index contributed by atoms with van der Waals surface area (Å²) in [6.45, 7) is 0. The average molecular weight is 251 g/mol. The van der Waals surface area contributed by atoms with Gasteiger partial charge in [-0.05, 0) is 24.3 Å². The molecule has 2 N–H and O–H groups in total. The molecule has 17 heavy (non-hydrogen) atoms. The number of esters is 1. The zero-order valence-electron chi connectivity index (χ0n) is 8.91. The second-order valence-electron chi connectivity index (χ2n) is 3.05. The minimum atomic E-state index is -0.624. The molecule has 6 nitrogen and oxygen atoms in total. The molecule has 1 aromatic carbocycles. The van der Waals surface area contributed by atoms with Gasteiger partial charge in [0.2, 0.25) is 5.69 Å². The first-order chi connectivity index (χ1) is 8.20. The van der Waals surface area contributed by atoms with Crippen LogP contribution in [0.15, 0.2) is 24.3 Å². The fourth-order valence-electron chi connectivity index (χ4n) is 1.14. The highest BCUT2D eigenvalue weighted by Crippen LogP contribution is 2.19. The van der Waals surface area contributed by atoms with Crippen LogP contribution in [0.4, 0.5) is 5.00 Å². The molecule has 0 aliphatic heterocycles. The van der Waals surface area contributed by atoms with Crippen LogP contribution in [-0.2, 0) is 0 Å². The van der Waals surface area contributed by atoms with E-state index in [0.29, 0.717) is 11.5 Å². The Labute approximate surface area is 101 Å². The molecule has 88 valence electrons. The molecule has 0 atom stereocenters. The number of anilines is 1. The third kappa shape index (κ3) is 2.51. The first kappa shape index (κ1) is 11.3. The monoisotopic (exact) mass is 251 g/mol. The zero-order chi connectivity index (χ0) is 12.3. The van der Waals surface area contributed by atoms with Gasteiger partial charge < -0.3 is 15.2 Å². The maximum absolute atomic E-state index is 11.6. The van der Waals surface area contributed by atoms with E-state index in [-0.39, 0.29) is 10.7 Å². The first-order valence-electron chi connectivity index (χ1n) is 4.65. The van der Waals surface area contributed by atoms with Crippen molar-refractivity contribution in [3.63, 3.8) is 0 Å². The fourth-order valence-corrected chi connectivity index (χ4v) is 1.56. The predicted molar refractivity (Wildman–Crippen MR) is 62.3 cm³/mol. The normalized spacial score (nSPS) is 9.94. The second kappa shape index (κ2) is 4.79. The zero-order valence-corrected chi connectivity index (χ0v) is 9.73. The Kier molecular flexibility index (Phi) is 3.20. The highest BCUT2D eigenvalue weighted by molar-refractivity contribution is 7.10. The van der Waals surface area contributed by atoms with Gasteiger partial charge in [0.15, 0.2) is 0 Å². The molecule has 0 saturated heterocycles. The molecule has 0 saturated carbocycles. The lowest BCUT2D eigenvalue weighted by Crippen LogP contribution is -2.10. The van der Waals surface area contributed by atoms with Crippen LogP contribution in [0.25, 0.3) is 0 Å². The maximum Gasteiger partial charge on any atom is 0.367 e. The summed E-state index contributed by atoms with van der Waals surface area (Å²) in [5.41, 5.74) is 5.55. The summed E-state index contributed by atoms with van der Waals surface area (Å²) in [5.74, 6) is 0.448. The molecule has 0 spiro atoms. The highest BCUT2D eigenvalue weighted by atomic mass is 32.1. The van der Waals surface area contributed by atoms with Crippen molar-refractivity contribution in [2.24, 2.45) is 0 Å².